The van der Waals surface area contributed by atoms with Crippen LogP contribution in [0.2, 0.25) is 0 Å². The number of hydrogen-bond acceptors (Lipinski definition) is 0. The van der Waals surface area contributed by atoms with E-state index in [1.165, 1.54) is 0 Å². The Morgan fingerprint density at radius 1 is 0.636 bits per heavy atom. The molecule has 0 spiro atoms. The van der Waals surface area contributed by atoms with Crippen molar-refractivity contribution < 1.29 is 17.6 Å². The predicted octanol–water partition coefficient (Wildman–Crippen LogP) is 3.82. The lowest BCUT2D eigenvalue weighted by Gasteiger charge is -2.27. The van der Waals surface area contributed by atoms with Crippen LogP contribution in [-0.2, 0) is 0 Å². The normalized spacial score (nSPS) is 15.3. The Hall–Kier alpha value is 0.880. The molecular weight excluding hydrogens is 254 g/mol. The van der Waals surface area contributed by atoms with E-state index in [1.807, 2.05) is 0 Å². The summed E-state index contributed by atoms with van der Waals surface area (Å²) in [6, 6.07) is 0. The van der Waals surface area contributed by atoms with Gasteiger partial charge in [0, 0.05) is 0 Å². The van der Waals surface area contributed by atoms with Gasteiger partial charge in [0.15, 0.2) is 0 Å². The zero-order valence-corrected chi connectivity index (χ0v) is 7.55. The van der Waals surface area contributed by atoms with Crippen LogP contribution < -0.4 is 0 Å². The van der Waals surface area contributed by atoms with Crippen LogP contribution in [0.4, 0.5) is 17.6 Å². The summed E-state index contributed by atoms with van der Waals surface area (Å²) >= 11 is 17.3. The van der Waals surface area contributed by atoms with E-state index in [0.717, 1.165) is 0 Å². The molecule has 11 heavy (non-hydrogen) atoms. The number of hydrogen-bond donors (Lipinski definition) is 0. The molecule has 0 unspecified atom stereocenters. The fourth-order valence-corrected chi connectivity index (χ4v) is 0.446. The molecule has 68 valence electrons. The predicted molar refractivity (Wildman–Crippen MR) is 36.0 cm³/mol. The summed E-state index contributed by atoms with van der Waals surface area (Å²) in [5.41, 5.74) is 0. The third kappa shape index (κ3) is 2.41. The van der Waals surface area contributed by atoms with Gasteiger partial charge in [-0.25, -0.2) is 0 Å². The second kappa shape index (κ2) is 2.98. The van der Waals surface area contributed by atoms with Crippen molar-refractivity contribution in [2.24, 2.45) is 0 Å². The van der Waals surface area contributed by atoms with Crippen LogP contribution in [0, 0.1) is 0 Å². The van der Waals surface area contributed by atoms with Crippen molar-refractivity contribution in [1.29, 1.82) is 0 Å². The number of alkyl halides is 8. The summed E-state index contributed by atoms with van der Waals surface area (Å²) in [7, 11) is 0. The van der Waals surface area contributed by atoms with E-state index in [1.54, 1.807) is 0 Å². The minimum atomic E-state index is -4.50. The Balaban J connectivity index is 4.75. The molecule has 0 fully saturated rings. The summed E-state index contributed by atoms with van der Waals surface area (Å²) in [5.74, 6) is 0. The van der Waals surface area contributed by atoms with E-state index in [-0.39, 0.29) is 0 Å². The molecule has 0 aromatic rings. The van der Waals surface area contributed by atoms with Crippen LogP contribution in [0.3, 0.4) is 0 Å². The molecule has 0 radical (unpaired) electrons. The maximum atomic E-state index is 11.9. The third-order valence-electron chi connectivity index (χ3n) is 0.712. The first-order valence-corrected chi connectivity index (χ1v) is 3.52. The van der Waals surface area contributed by atoms with Crippen LogP contribution in [0.5, 0.6) is 0 Å². The molecule has 0 nitrogen and oxygen atoms in total. The van der Waals surface area contributed by atoms with Crippen molar-refractivity contribution in [3.05, 3.63) is 0 Å². The Morgan fingerprint density at radius 2 is 0.818 bits per heavy atom. The summed E-state index contributed by atoms with van der Waals surface area (Å²) < 4.78 is 43.9. The first kappa shape index (κ1) is 11.9. The Bertz CT molecular complexity index is 128. The van der Waals surface area contributed by atoms with E-state index >= 15 is 0 Å². The van der Waals surface area contributed by atoms with E-state index < -0.39 is 15.1 Å². The van der Waals surface area contributed by atoms with Gasteiger partial charge in [-0.15, -0.1) is 0 Å². The molecule has 0 aromatic heterocycles. The van der Waals surface area contributed by atoms with Crippen molar-refractivity contribution in [2.45, 2.75) is 15.1 Å². The van der Waals surface area contributed by atoms with Crippen molar-refractivity contribution in [3.8, 4) is 0 Å². The van der Waals surface area contributed by atoms with E-state index in [0.29, 0.717) is 0 Å². The second-order valence-electron chi connectivity index (χ2n) is 1.57. The molecule has 0 saturated carbocycles. The maximum Gasteiger partial charge on any atom is 0.361 e. The average molecular weight is 254 g/mol. The zero-order valence-electron chi connectivity index (χ0n) is 4.52. The first-order valence-electron chi connectivity index (χ1n) is 2.01. The minimum Gasteiger partial charge on any atom is -0.184 e. The number of halogens is 8. The highest BCUT2D eigenvalue weighted by atomic mass is 35.5. The first-order chi connectivity index (χ1) is 4.50. The molecule has 8 heteroatoms. The zero-order chi connectivity index (χ0) is 9.50. The number of rotatable bonds is 2. The maximum absolute atomic E-state index is 11.9. The van der Waals surface area contributed by atoms with Crippen molar-refractivity contribution >= 4 is 46.4 Å². The smallest absolute Gasteiger partial charge is 0.184 e. The Kier molecular flexibility index (Phi) is 3.22. The van der Waals surface area contributed by atoms with Gasteiger partial charge in [-0.1, -0.05) is 23.2 Å². The third-order valence-corrected chi connectivity index (χ3v) is 2.62. The van der Waals surface area contributed by atoms with E-state index in [4.69, 9.17) is 0 Å². The lowest BCUT2D eigenvalue weighted by atomic mass is 10.4. The van der Waals surface area contributed by atoms with Gasteiger partial charge in [-0.05, 0) is 23.2 Å². The molecule has 0 saturated heterocycles. The van der Waals surface area contributed by atoms with Crippen molar-refractivity contribution in [1.82, 2.24) is 0 Å². The summed E-state index contributed by atoms with van der Waals surface area (Å²) in [6.07, 6.45) is 0. The van der Waals surface area contributed by atoms with Gasteiger partial charge < -0.3 is 0 Å². The van der Waals surface area contributed by atoms with Gasteiger partial charge in [-0.3, -0.25) is 0 Å². The molecule has 0 rings (SSSR count). The molecule has 0 aliphatic heterocycles. The van der Waals surface area contributed by atoms with Gasteiger partial charge in [0.2, 0.25) is 0 Å². The molecule has 0 aliphatic carbocycles. The van der Waals surface area contributed by atoms with Crippen LogP contribution in [-0.4, -0.2) is 15.1 Å². The average Bonchev–Trinajstić information content (AvgIpc) is 1.58. The quantitative estimate of drug-likeness (QED) is 0.518. The Morgan fingerprint density at radius 3 is 0.818 bits per heavy atom. The lowest BCUT2D eigenvalue weighted by Crippen LogP contribution is -2.45. The SMILES string of the molecule is FC(F)(Cl)C(Cl)(Cl)C(F)(F)Cl. The van der Waals surface area contributed by atoms with E-state index in [9.17, 15) is 17.6 Å². The van der Waals surface area contributed by atoms with Gasteiger partial charge in [0.1, 0.15) is 0 Å². The highest BCUT2D eigenvalue weighted by molar-refractivity contribution is 6.56. The molecule has 0 N–H and O–H groups in total. The van der Waals surface area contributed by atoms with Crippen molar-refractivity contribution in [3.63, 3.8) is 0 Å². The largest absolute Gasteiger partial charge is 0.361 e. The van der Waals surface area contributed by atoms with Crippen LogP contribution in [0.15, 0.2) is 0 Å². The molecule has 0 amide bonds. The molecule has 0 heterocycles. The topological polar surface area (TPSA) is 0 Å². The highest BCUT2D eigenvalue weighted by Crippen LogP contribution is 2.53. The molecule has 0 atom stereocenters. The lowest BCUT2D eigenvalue weighted by molar-refractivity contribution is -0.0255. The van der Waals surface area contributed by atoms with Crippen LogP contribution in [0.1, 0.15) is 0 Å². The van der Waals surface area contributed by atoms with Gasteiger partial charge in [-0.2, -0.15) is 17.6 Å². The van der Waals surface area contributed by atoms with Gasteiger partial charge >= 0.3 is 10.8 Å². The molecule has 0 aromatic carbocycles. The minimum absolute atomic E-state index is 3.82. The fraction of sp³-hybridized carbons (Fsp3) is 1.00. The van der Waals surface area contributed by atoms with Crippen LogP contribution in [0.25, 0.3) is 0 Å². The van der Waals surface area contributed by atoms with Crippen molar-refractivity contribution in [2.75, 3.05) is 0 Å². The monoisotopic (exact) mass is 252 g/mol. The second-order valence-corrected chi connectivity index (χ2v) is 3.85. The van der Waals surface area contributed by atoms with Crippen LogP contribution >= 0.6 is 46.4 Å². The molecular formula is C3Cl4F4. The van der Waals surface area contributed by atoms with Gasteiger partial charge in [0.05, 0.1) is 0 Å². The molecule has 0 aliphatic rings. The fourth-order valence-electron chi connectivity index (χ4n) is 0.161. The Labute approximate surface area is 79.3 Å². The summed E-state index contributed by atoms with van der Waals surface area (Å²) in [6.45, 7) is 0. The summed E-state index contributed by atoms with van der Waals surface area (Å²) in [4.78, 5) is 0. The van der Waals surface area contributed by atoms with E-state index in [2.05, 4.69) is 46.4 Å². The molecule has 0 bridgehead atoms. The van der Waals surface area contributed by atoms with Gasteiger partial charge in [0.25, 0.3) is 4.33 Å². The summed E-state index contributed by atoms with van der Waals surface area (Å²) in [5, 5.41) is -9.00. The highest BCUT2D eigenvalue weighted by Gasteiger charge is 2.66. The standard InChI is InChI=1S/C3Cl4F4/c4-1(5,2(6,8)9)3(7,10)11.